The third-order valence-corrected chi connectivity index (χ3v) is 4.91. The van der Waals surface area contributed by atoms with Crippen molar-refractivity contribution in [2.45, 2.75) is 65.7 Å². The molecule has 1 saturated carbocycles. The maximum absolute atomic E-state index is 9.76. The van der Waals surface area contributed by atoms with Gasteiger partial charge in [0.2, 0.25) is 0 Å². The molecule has 0 spiro atoms. The molecule has 2 heteroatoms. The van der Waals surface area contributed by atoms with Gasteiger partial charge in [-0.25, -0.2) is 0 Å². The topological polar surface area (TPSA) is 29.5 Å². The Bertz CT molecular complexity index is 222. The normalized spacial score (nSPS) is 29.5. The molecule has 0 unspecified atom stereocenters. The van der Waals surface area contributed by atoms with Crippen molar-refractivity contribution in [1.82, 2.24) is 0 Å². The Morgan fingerprint density at radius 1 is 1.17 bits per heavy atom. The molecule has 0 heterocycles. The van der Waals surface area contributed by atoms with Gasteiger partial charge >= 0.3 is 0 Å². The van der Waals surface area contributed by atoms with Crippen LogP contribution in [0, 0.1) is 16.7 Å². The highest BCUT2D eigenvalue weighted by molar-refractivity contribution is 4.88. The first-order chi connectivity index (χ1) is 8.43. The molecule has 0 aromatic carbocycles. The largest absolute Gasteiger partial charge is 0.396 e. The predicted octanol–water partition coefficient (Wildman–Crippen LogP) is 4.02. The molecule has 1 fully saturated rings. The smallest absolute Gasteiger partial charge is 0.0487 e. The molecule has 0 radical (unpaired) electrons. The lowest BCUT2D eigenvalue weighted by atomic mass is 9.63. The standard InChI is InChI=1S/C16H32O2/c1-15(2,3)14-7-10-16(13-17,11-8-14)9-5-6-12-18-4/h14,17H,5-13H2,1-4H3. The van der Waals surface area contributed by atoms with Gasteiger partial charge in [0, 0.05) is 20.3 Å². The molecule has 0 aromatic rings. The number of methoxy groups -OCH3 is 1. The van der Waals surface area contributed by atoms with Gasteiger partial charge in [0.05, 0.1) is 0 Å². The molecule has 0 saturated heterocycles. The number of hydrogen-bond acceptors (Lipinski definition) is 2. The van der Waals surface area contributed by atoms with Crippen molar-refractivity contribution in [1.29, 1.82) is 0 Å². The Kier molecular flexibility index (Phi) is 6.13. The maximum atomic E-state index is 9.76. The third kappa shape index (κ3) is 4.55. The second-order valence-corrected chi connectivity index (χ2v) is 7.25. The van der Waals surface area contributed by atoms with Gasteiger partial charge in [0.1, 0.15) is 0 Å². The summed E-state index contributed by atoms with van der Waals surface area (Å²) in [5, 5.41) is 9.76. The summed E-state index contributed by atoms with van der Waals surface area (Å²) in [5.41, 5.74) is 0.646. The molecule has 108 valence electrons. The van der Waals surface area contributed by atoms with E-state index in [2.05, 4.69) is 20.8 Å². The second kappa shape index (κ2) is 6.91. The minimum Gasteiger partial charge on any atom is -0.396 e. The first kappa shape index (κ1) is 16.0. The molecule has 1 rings (SSSR count). The number of aliphatic hydroxyl groups is 1. The van der Waals surface area contributed by atoms with Gasteiger partial charge in [-0.3, -0.25) is 0 Å². The number of ether oxygens (including phenoxy) is 1. The summed E-state index contributed by atoms with van der Waals surface area (Å²) in [6.45, 7) is 8.27. The van der Waals surface area contributed by atoms with E-state index in [1.807, 2.05) is 0 Å². The van der Waals surface area contributed by atoms with Crippen LogP contribution in [0.25, 0.3) is 0 Å². The molecule has 0 aliphatic heterocycles. The second-order valence-electron chi connectivity index (χ2n) is 7.25. The van der Waals surface area contributed by atoms with Gasteiger partial charge in [-0.05, 0) is 55.3 Å². The summed E-state index contributed by atoms with van der Waals surface area (Å²) in [5.74, 6) is 0.830. The van der Waals surface area contributed by atoms with Crippen LogP contribution in [0.5, 0.6) is 0 Å². The molecule has 18 heavy (non-hydrogen) atoms. The van der Waals surface area contributed by atoms with Crippen LogP contribution >= 0.6 is 0 Å². The van der Waals surface area contributed by atoms with Crippen LogP contribution in [0.3, 0.4) is 0 Å². The van der Waals surface area contributed by atoms with E-state index in [1.54, 1.807) is 7.11 Å². The Morgan fingerprint density at radius 2 is 1.78 bits per heavy atom. The Balaban J connectivity index is 2.40. The number of aliphatic hydroxyl groups excluding tert-OH is 1. The number of rotatable bonds is 6. The highest BCUT2D eigenvalue weighted by Gasteiger charge is 2.37. The zero-order chi connectivity index (χ0) is 13.6. The van der Waals surface area contributed by atoms with E-state index >= 15 is 0 Å². The van der Waals surface area contributed by atoms with Crippen molar-refractivity contribution in [3.05, 3.63) is 0 Å². The van der Waals surface area contributed by atoms with Crippen LogP contribution in [0.2, 0.25) is 0 Å². The molecule has 1 aliphatic carbocycles. The SMILES string of the molecule is COCCCCC1(CO)CCC(C(C)(C)C)CC1. The molecule has 1 aliphatic rings. The van der Waals surface area contributed by atoms with E-state index in [9.17, 15) is 5.11 Å². The van der Waals surface area contributed by atoms with Gasteiger partial charge in [0.25, 0.3) is 0 Å². The molecule has 0 atom stereocenters. The zero-order valence-corrected chi connectivity index (χ0v) is 12.8. The van der Waals surface area contributed by atoms with Crippen LogP contribution in [0.4, 0.5) is 0 Å². The van der Waals surface area contributed by atoms with Gasteiger partial charge in [-0.1, -0.05) is 27.2 Å². The van der Waals surface area contributed by atoms with Gasteiger partial charge in [0.15, 0.2) is 0 Å². The highest BCUT2D eigenvalue weighted by atomic mass is 16.5. The van der Waals surface area contributed by atoms with E-state index in [1.165, 1.54) is 38.5 Å². The highest BCUT2D eigenvalue weighted by Crippen LogP contribution is 2.47. The fraction of sp³-hybridized carbons (Fsp3) is 1.00. The van der Waals surface area contributed by atoms with Crippen molar-refractivity contribution in [3.63, 3.8) is 0 Å². The zero-order valence-electron chi connectivity index (χ0n) is 12.8. The monoisotopic (exact) mass is 256 g/mol. The van der Waals surface area contributed by atoms with E-state index in [-0.39, 0.29) is 5.41 Å². The molecule has 0 aromatic heterocycles. The van der Waals surface area contributed by atoms with Crippen molar-refractivity contribution in [2.75, 3.05) is 20.3 Å². The lowest BCUT2D eigenvalue weighted by Gasteiger charge is -2.43. The van der Waals surface area contributed by atoms with Crippen molar-refractivity contribution in [3.8, 4) is 0 Å². The third-order valence-electron chi connectivity index (χ3n) is 4.91. The van der Waals surface area contributed by atoms with Crippen LogP contribution < -0.4 is 0 Å². The molecular formula is C16H32O2. The van der Waals surface area contributed by atoms with Gasteiger partial charge in [-0.15, -0.1) is 0 Å². The van der Waals surface area contributed by atoms with E-state index < -0.39 is 0 Å². The molecular weight excluding hydrogens is 224 g/mol. The van der Waals surface area contributed by atoms with Crippen molar-refractivity contribution in [2.24, 2.45) is 16.7 Å². The average Bonchev–Trinajstić information content (AvgIpc) is 2.34. The Hall–Kier alpha value is -0.0800. The van der Waals surface area contributed by atoms with E-state index in [4.69, 9.17) is 4.74 Å². The van der Waals surface area contributed by atoms with E-state index in [0.29, 0.717) is 12.0 Å². The maximum Gasteiger partial charge on any atom is 0.0487 e. The summed E-state index contributed by atoms with van der Waals surface area (Å²) in [6, 6.07) is 0. The Labute approximate surface area is 113 Å². The number of unbranched alkanes of at least 4 members (excludes halogenated alkanes) is 1. The van der Waals surface area contributed by atoms with Crippen LogP contribution in [-0.2, 0) is 4.74 Å². The first-order valence-corrected chi connectivity index (χ1v) is 7.53. The summed E-state index contributed by atoms with van der Waals surface area (Å²) >= 11 is 0. The average molecular weight is 256 g/mol. The first-order valence-electron chi connectivity index (χ1n) is 7.53. The van der Waals surface area contributed by atoms with Crippen LogP contribution in [0.1, 0.15) is 65.7 Å². The van der Waals surface area contributed by atoms with Gasteiger partial charge in [-0.2, -0.15) is 0 Å². The summed E-state index contributed by atoms with van der Waals surface area (Å²) in [6.07, 6.45) is 8.47. The molecule has 0 amide bonds. The predicted molar refractivity (Wildman–Crippen MR) is 76.7 cm³/mol. The quantitative estimate of drug-likeness (QED) is 0.727. The minimum atomic E-state index is 0.218. The fourth-order valence-electron chi connectivity index (χ4n) is 3.33. The molecule has 1 N–H and O–H groups in total. The molecule has 0 bridgehead atoms. The number of hydrogen-bond donors (Lipinski definition) is 1. The summed E-state index contributed by atoms with van der Waals surface area (Å²) in [7, 11) is 1.76. The fourth-order valence-corrected chi connectivity index (χ4v) is 3.33. The Morgan fingerprint density at radius 3 is 2.22 bits per heavy atom. The molecule has 2 nitrogen and oxygen atoms in total. The van der Waals surface area contributed by atoms with Gasteiger partial charge < -0.3 is 9.84 Å². The summed E-state index contributed by atoms with van der Waals surface area (Å²) < 4.78 is 5.10. The lowest BCUT2D eigenvalue weighted by molar-refractivity contribution is 0.0272. The van der Waals surface area contributed by atoms with Crippen LogP contribution in [-0.4, -0.2) is 25.4 Å². The van der Waals surface area contributed by atoms with Crippen LogP contribution in [0.15, 0.2) is 0 Å². The van der Waals surface area contributed by atoms with Crippen molar-refractivity contribution >= 4 is 0 Å². The summed E-state index contributed by atoms with van der Waals surface area (Å²) in [4.78, 5) is 0. The van der Waals surface area contributed by atoms with E-state index in [0.717, 1.165) is 18.9 Å². The lowest BCUT2D eigenvalue weighted by Crippen LogP contribution is -2.35. The van der Waals surface area contributed by atoms with Crippen molar-refractivity contribution < 1.29 is 9.84 Å². The minimum absolute atomic E-state index is 0.218.